The molecule has 0 aliphatic heterocycles. The molecule has 42 heavy (non-hydrogen) atoms. The molecule has 0 spiro atoms. The maximum atomic E-state index is 12.6. The topological polar surface area (TPSA) is 52.9 Å². The van der Waals surface area contributed by atoms with Gasteiger partial charge in [-0.25, -0.2) is 4.98 Å². The summed E-state index contributed by atoms with van der Waals surface area (Å²) in [7, 11) is 1.67. The SMILES string of the molecule is CCCCCCCCCCCCCCOc1cc(CN(C(C)=O)c2ccc(Cc3ccc[nH+]c3)cc2)ccc1OC.[Br-]. The molecular weight excluding hydrogens is 588 g/mol. The van der Waals surface area contributed by atoms with Gasteiger partial charge in [0.25, 0.3) is 0 Å². The number of nitrogens with zero attached hydrogens (tertiary/aromatic N) is 1. The second-order valence-corrected chi connectivity index (χ2v) is 11.1. The van der Waals surface area contributed by atoms with Crippen LogP contribution in [0.5, 0.6) is 11.5 Å². The number of amides is 1. The first kappa shape index (κ1) is 35.3. The fourth-order valence-corrected chi connectivity index (χ4v) is 5.19. The highest BCUT2D eigenvalue weighted by atomic mass is 79.9. The van der Waals surface area contributed by atoms with Gasteiger partial charge in [0.15, 0.2) is 23.9 Å². The van der Waals surface area contributed by atoms with Crippen LogP contribution in [-0.4, -0.2) is 19.6 Å². The number of aromatic nitrogens is 1. The Morgan fingerprint density at radius 3 is 1.95 bits per heavy atom. The molecule has 3 aromatic rings. The molecule has 1 heterocycles. The fraction of sp³-hybridized carbons (Fsp3) is 0.500. The molecule has 0 fully saturated rings. The number of benzene rings is 2. The molecule has 0 atom stereocenters. The number of hydrogen-bond donors (Lipinski definition) is 0. The molecule has 3 rings (SSSR count). The number of carbonyl (C=O) groups excluding carboxylic acids is 1. The molecular formula is C36H51BrN2O3. The van der Waals surface area contributed by atoms with E-state index in [0.29, 0.717) is 13.2 Å². The quantitative estimate of drug-likeness (QED) is 0.148. The summed E-state index contributed by atoms with van der Waals surface area (Å²) in [6, 6.07) is 18.3. The standard InChI is InChI=1S/C36H50N2O3.BrH/c1-4-5-6-7-8-9-10-11-12-13-14-15-25-41-36-27-33(20-23-35(36)40-3)29-38(30(2)39)34-21-18-31(19-22-34)26-32-17-16-24-37-28-32;/h16-24,27-28H,4-15,25-26,29H2,1-3H3;1H. The van der Waals surface area contributed by atoms with Crippen molar-refractivity contribution in [1.82, 2.24) is 0 Å². The number of H-pyrrole nitrogens is 1. The van der Waals surface area contributed by atoms with Gasteiger partial charge in [-0.1, -0.05) is 95.8 Å². The number of pyridine rings is 1. The van der Waals surface area contributed by atoms with Crippen LogP contribution in [-0.2, 0) is 17.8 Å². The second-order valence-electron chi connectivity index (χ2n) is 11.1. The Bertz CT molecular complexity index is 1140. The van der Waals surface area contributed by atoms with Crippen molar-refractivity contribution in [2.45, 2.75) is 104 Å². The number of aromatic amines is 1. The van der Waals surface area contributed by atoms with E-state index in [1.807, 2.05) is 48.8 Å². The summed E-state index contributed by atoms with van der Waals surface area (Å²) in [5.41, 5.74) is 4.32. The average Bonchev–Trinajstić information content (AvgIpc) is 2.99. The summed E-state index contributed by atoms with van der Waals surface area (Å²) in [6.45, 7) is 5.04. The van der Waals surface area contributed by atoms with Crippen molar-refractivity contribution in [2.24, 2.45) is 0 Å². The van der Waals surface area contributed by atoms with Gasteiger partial charge in [-0.05, 0) is 47.9 Å². The van der Waals surface area contributed by atoms with E-state index in [9.17, 15) is 4.79 Å². The van der Waals surface area contributed by atoms with Crippen LogP contribution in [0.2, 0.25) is 0 Å². The summed E-state index contributed by atoms with van der Waals surface area (Å²) >= 11 is 0. The predicted molar refractivity (Wildman–Crippen MR) is 169 cm³/mol. The largest absolute Gasteiger partial charge is 1.00 e. The first-order chi connectivity index (χ1) is 20.1. The van der Waals surface area contributed by atoms with Gasteiger partial charge in [0.1, 0.15) is 0 Å². The van der Waals surface area contributed by atoms with Crippen molar-refractivity contribution in [1.29, 1.82) is 0 Å². The second kappa shape index (κ2) is 20.9. The zero-order chi connectivity index (χ0) is 29.1. The van der Waals surface area contributed by atoms with Gasteiger partial charge in [0, 0.05) is 30.7 Å². The number of carbonyl (C=O) groups is 1. The Kier molecular flexibility index (Phi) is 17.6. The third-order valence-electron chi connectivity index (χ3n) is 7.63. The zero-order valence-corrected chi connectivity index (χ0v) is 27.6. The normalized spacial score (nSPS) is 10.6. The smallest absolute Gasteiger partial charge is 0.224 e. The van der Waals surface area contributed by atoms with Crippen LogP contribution < -0.4 is 36.3 Å². The van der Waals surface area contributed by atoms with Crippen molar-refractivity contribution < 1.29 is 36.2 Å². The average molecular weight is 640 g/mol. The van der Waals surface area contributed by atoms with Crippen LogP contribution in [0.25, 0.3) is 0 Å². The molecule has 1 aromatic heterocycles. The number of halogens is 1. The van der Waals surface area contributed by atoms with Crippen LogP contribution in [0.1, 0.15) is 108 Å². The van der Waals surface area contributed by atoms with Crippen LogP contribution in [0, 0.1) is 0 Å². The van der Waals surface area contributed by atoms with Gasteiger partial charge >= 0.3 is 0 Å². The molecule has 1 N–H and O–H groups in total. The van der Waals surface area contributed by atoms with E-state index in [0.717, 1.165) is 35.6 Å². The lowest BCUT2D eigenvalue weighted by atomic mass is 10.1. The summed E-state index contributed by atoms with van der Waals surface area (Å²) in [5.74, 6) is 1.47. The highest BCUT2D eigenvalue weighted by Crippen LogP contribution is 2.30. The number of methoxy groups -OCH3 is 1. The minimum atomic E-state index is 0. The molecule has 0 radical (unpaired) electrons. The Hall–Kier alpha value is -2.86. The van der Waals surface area contributed by atoms with Gasteiger partial charge in [-0.3, -0.25) is 4.79 Å². The third kappa shape index (κ3) is 13.0. The van der Waals surface area contributed by atoms with Gasteiger partial charge in [0.2, 0.25) is 5.91 Å². The van der Waals surface area contributed by atoms with E-state index in [2.05, 4.69) is 30.1 Å². The number of rotatable bonds is 20. The molecule has 1 amide bonds. The number of hydrogen-bond acceptors (Lipinski definition) is 3. The minimum Gasteiger partial charge on any atom is -1.00 e. The van der Waals surface area contributed by atoms with Gasteiger partial charge in [-0.15, -0.1) is 0 Å². The lowest BCUT2D eigenvalue weighted by Gasteiger charge is -2.22. The number of nitrogens with one attached hydrogen (secondary N) is 1. The number of unbranched alkanes of at least 4 members (excludes halogenated alkanes) is 11. The van der Waals surface area contributed by atoms with E-state index >= 15 is 0 Å². The first-order valence-electron chi connectivity index (χ1n) is 15.7. The predicted octanol–water partition coefficient (Wildman–Crippen LogP) is 5.74. The minimum absolute atomic E-state index is 0. The van der Waals surface area contributed by atoms with E-state index in [-0.39, 0.29) is 22.9 Å². The molecule has 0 aliphatic carbocycles. The summed E-state index contributed by atoms with van der Waals surface area (Å²) in [5, 5.41) is 0. The molecule has 0 bridgehead atoms. The summed E-state index contributed by atoms with van der Waals surface area (Å²) < 4.78 is 11.7. The van der Waals surface area contributed by atoms with Gasteiger partial charge in [-0.2, -0.15) is 0 Å². The molecule has 0 saturated carbocycles. The third-order valence-corrected chi connectivity index (χ3v) is 7.63. The van der Waals surface area contributed by atoms with Crippen LogP contribution in [0.4, 0.5) is 5.69 Å². The lowest BCUT2D eigenvalue weighted by Crippen LogP contribution is -3.00. The van der Waals surface area contributed by atoms with Crippen molar-refractivity contribution in [3.8, 4) is 11.5 Å². The van der Waals surface area contributed by atoms with E-state index < -0.39 is 0 Å². The van der Waals surface area contributed by atoms with Crippen LogP contribution in [0.15, 0.2) is 67.0 Å². The highest BCUT2D eigenvalue weighted by molar-refractivity contribution is 5.91. The molecule has 5 nitrogen and oxygen atoms in total. The Balaban J connectivity index is 0.00000616. The fourth-order valence-electron chi connectivity index (χ4n) is 5.19. The summed E-state index contributed by atoms with van der Waals surface area (Å²) in [6.07, 6.45) is 20.6. The number of anilines is 1. The van der Waals surface area contributed by atoms with E-state index in [4.69, 9.17) is 9.47 Å². The molecule has 0 unspecified atom stereocenters. The maximum Gasteiger partial charge on any atom is 0.224 e. The van der Waals surface area contributed by atoms with Crippen molar-refractivity contribution in [3.05, 3.63) is 83.7 Å². The maximum absolute atomic E-state index is 12.6. The Morgan fingerprint density at radius 1 is 0.762 bits per heavy atom. The molecule has 2 aromatic carbocycles. The monoisotopic (exact) mass is 638 g/mol. The molecule has 6 heteroatoms. The highest BCUT2D eigenvalue weighted by Gasteiger charge is 2.15. The van der Waals surface area contributed by atoms with Crippen molar-refractivity contribution in [3.63, 3.8) is 0 Å². The van der Waals surface area contributed by atoms with Crippen LogP contribution >= 0.6 is 0 Å². The lowest BCUT2D eigenvalue weighted by molar-refractivity contribution is -0.378. The van der Waals surface area contributed by atoms with E-state index in [1.165, 1.54) is 81.8 Å². The Morgan fingerprint density at radius 2 is 1.38 bits per heavy atom. The van der Waals surface area contributed by atoms with Gasteiger partial charge < -0.3 is 31.4 Å². The molecule has 0 aliphatic rings. The van der Waals surface area contributed by atoms with Crippen molar-refractivity contribution >= 4 is 11.6 Å². The van der Waals surface area contributed by atoms with Crippen LogP contribution in [0.3, 0.4) is 0 Å². The molecule has 0 saturated heterocycles. The van der Waals surface area contributed by atoms with E-state index in [1.54, 1.807) is 18.9 Å². The first-order valence-corrected chi connectivity index (χ1v) is 15.7. The molecule has 230 valence electrons. The Labute approximate surface area is 264 Å². The van der Waals surface area contributed by atoms with Gasteiger partial charge in [0.05, 0.1) is 20.3 Å². The summed E-state index contributed by atoms with van der Waals surface area (Å²) in [4.78, 5) is 17.5. The zero-order valence-electron chi connectivity index (χ0n) is 26.0. The van der Waals surface area contributed by atoms with Crippen molar-refractivity contribution in [2.75, 3.05) is 18.6 Å². The number of ether oxygens (including phenoxy) is 2.